The zero-order valence-corrected chi connectivity index (χ0v) is 9.23. The lowest BCUT2D eigenvalue weighted by atomic mass is 10.2. The van der Waals surface area contributed by atoms with Crippen LogP contribution in [-0.2, 0) is 6.54 Å². The Morgan fingerprint density at radius 3 is 2.88 bits per heavy atom. The number of carbonyl (C=O) groups is 1. The third-order valence-electron chi connectivity index (χ3n) is 2.09. The van der Waals surface area contributed by atoms with E-state index in [1.165, 1.54) is 23.0 Å². The Morgan fingerprint density at radius 1 is 1.53 bits per heavy atom. The number of hydrogen-bond acceptors (Lipinski definition) is 3. The fourth-order valence-corrected chi connectivity index (χ4v) is 1.42. The topological polar surface area (TPSA) is 68.0 Å². The van der Waals surface area contributed by atoms with Crippen molar-refractivity contribution in [2.45, 2.75) is 6.54 Å². The van der Waals surface area contributed by atoms with E-state index in [1.807, 2.05) is 0 Å². The van der Waals surface area contributed by atoms with Crippen LogP contribution in [0.1, 0.15) is 16.1 Å². The van der Waals surface area contributed by atoms with Gasteiger partial charge < -0.3 is 5.11 Å². The number of carboxylic acids is 1. The summed E-state index contributed by atoms with van der Waals surface area (Å²) in [6, 6.07) is 4.33. The van der Waals surface area contributed by atoms with Gasteiger partial charge in [0, 0.05) is 0 Å². The summed E-state index contributed by atoms with van der Waals surface area (Å²) in [5.41, 5.74) is 0.466. The van der Waals surface area contributed by atoms with Crippen LogP contribution in [0, 0.1) is 5.82 Å². The summed E-state index contributed by atoms with van der Waals surface area (Å²) in [5.74, 6) is -1.68. The molecular formula is C10H7ClFN3O2. The summed E-state index contributed by atoms with van der Waals surface area (Å²) in [5, 5.41) is 15.8. The SMILES string of the molecule is O=C(O)c1cn(Cc2ccc(Cl)c(F)c2)nn1. The van der Waals surface area contributed by atoms with Gasteiger partial charge >= 0.3 is 5.97 Å². The van der Waals surface area contributed by atoms with Gasteiger partial charge in [0.15, 0.2) is 5.69 Å². The minimum atomic E-state index is -1.15. The summed E-state index contributed by atoms with van der Waals surface area (Å²) in [4.78, 5) is 10.6. The first-order chi connectivity index (χ1) is 8.06. The van der Waals surface area contributed by atoms with E-state index < -0.39 is 11.8 Å². The first-order valence-corrected chi connectivity index (χ1v) is 5.01. The summed E-state index contributed by atoms with van der Waals surface area (Å²) < 4.78 is 14.5. The molecule has 2 aromatic rings. The van der Waals surface area contributed by atoms with Gasteiger partial charge in [0.1, 0.15) is 5.82 Å². The lowest BCUT2D eigenvalue weighted by Crippen LogP contribution is -2.01. The maximum Gasteiger partial charge on any atom is 0.358 e. The van der Waals surface area contributed by atoms with Crippen LogP contribution in [0.5, 0.6) is 0 Å². The molecular weight excluding hydrogens is 249 g/mol. The summed E-state index contributed by atoms with van der Waals surface area (Å²) in [6.07, 6.45) is 1.27. The van der Waals surface area contributed by atoms with Gasteiger partial charge in [-0.25, -0.2) is 13.9 Å². The fourth-order valence-electron chi connectivity index (χ4n) is 1.30. The van der Waals surface area contributed by atoms with E-state index >= 15 is 0 Å². The van der Waals surface area contributed by atoms with Crippen LogP contribution < -0.4 is 0 Å². The van der Waals surface area contributed by atoms with E-state index in [0.717, 1.165) is 0 Å². The number of hydrogen-bond donors (Lipinski definition) is 1. The maximum atomic E-state index is 13.1. The first kappa shape index (κ1) is 11.5. The summed E-state index contributed by atoms with van der Waals surface area (Å²) in [6.45, 7) is 0.231. The van der Waals surface area contributed by atoms with Gasteiger partial charge in [-0.3, -0.25) is 0 Å². The predicted octanol–water partition coefficient (Wildman–Crippen LogP) is 1.82. The van der Waals surface area contributed by atoms with Crippen molar-refractivity contribution >= 4 is 17.6 Å². The summed E-state index contributed by atoms with van der Waals surface area (Å²) in [7, 11) is 0. The Balaban J connectivity index is 2.19. The summed E-state index contributed by atoms with van der Waals surface area (Å²) >= 11 is 5.54. The molecule has 1 aromatic carbocycles. The van der Waals surface area contributed by atoms with Crippen molar-refractivity contribution < 1.29 is 14.3 Å². The van der Waals surface area contributed by atoms with Gasteiger partial charge in [-0.1, -0.05) is 22.9 Å². The maximum absolute atomic E-state index is 13.1. The van der Waals surface area contributed by atoms with Gasteiger partial charge in [0.25, 0.3) is 0 Å². The molecule has 0 unspecified atom stereocenters. The highest BCUT2D eigenvalue weighted by atomic mass is 35.5. The standard InChI is InChI=1S/C10H7ClFN3O2/c11-7-2-1-6(3-8(7)12)4-15-5-9(10(16)17)13-14-15/h1-3,5H,4H2,(H,16,17). The van der Waals surface area contributed by atoms with E-state index in [1.54, 1.807) is 6.07 Å². The Hall–Kier alpha value is -1.95. The molecule has 17 heavy (non-hydrogen) atoms. The molecule has 0 spiro atoms. The van der Waals surface area contributed by atoms with Crippen molar-refractivity contribution in [1.82, 2.24) is 15.0 Å². The third kappa shape index (κ3) is 2.59. The van der Waals surface area contributed by atoms with Gasteiger partial charge in [-0.2, -0.15) is 0 Å². The lowest BCUT2D eigenvalue weighted by Gasteiger charge is -2.01. The van der Waals surface area contributed by atoms with E-state index in [2.05, 4.69) is 10.3 Å². The molecule has 7 heteroatoms. The van der Waals surface area contributed by atoms with Crippen LogP contribution in [0.25, 0.3) is 0 Å². The Bertz CT molecular complexity index is 570. The van der Waals surface area contributed by atoms with E-state index in [9.17, 15) is 9.18 Å². The highest BCUT2D eigenvalue weighted by Crippen LogP contribution is 2.16. The molecule has 0 atom stereocenters. The molecule has 88 valence electrons. The quantitative estimate of drug-likeness (QED) is 0.908. The molecule has 1 heterocycles. The second kappa shape index (κ2) is 4.50. The highest BCUT2D eigenvalue weighted by molar-refractivity contribution is 6.30. The molecule has 0 aliphatic rings. The molecule has 0 bridgehead atoms. The molecule has 0 saturated heterocycles. The van der Waals surface area contributed by atoms with Crippen molar-refractivity contribution in [3.05, 3.63) is 46.5 Å². The number of aromatic nitrogens is 3. The molecule has 0 aliphatic carbocycles. The average Bonchev–Trinajstić information content (AvgIpc) is 2.72. The van der Waals surface area contributed by atoms with Crippen molar-refractivity contribution in [3.63, 3.8) is 0 Å². The number of rotatable bonds is 3. The van der Waals surface area contributed by atoms with Crippen LogP contribution in [0.4, 0.5) is 4.39 Å². The van der Waals surface area contributed by atoms with Crippen LogP contribution in [-0.4, -0.2) is 26.1 Å². The van der Waals surface area contributed by atoms with Crippen LogP contribution in [0.2, 0.25) is 5.02 Å². The number of carboxylic acid groups (broad SMARTS) is 1. The lowest BCUT2D eigenvalue weighted by molar-refractivity contribution is 0.0690. The largest absolute Gasteiger partial charge is 0.476 e. The minimum Gasteiger partial charge on any atom is -0.476 e. The third-order valence-corrected chi connectivity index (χ3v) is 2.39. The van der Waals surface area contributed by atoms with Crippen molar-refractivity contribution in [2.24, 2.45) is 0 Å². The molecule has 0 radical (unpaired) electrons. The average molecular weight is 256 g/mol. The van der Waals surface area contributed by atoms with Crippen molar-refractivity contribution in [2.75, 3.05) is 0 Å². The molecule has 0 amide bonds. The Morgan fingerprint density at radius 2 is 2.29 bits per heavy atom. The molecule has 1 N–H and O–H groups in total. The van der Waals surface area contributed by atoms with Gasteiger partial charge in [0.05, 0.1) is 17.8 Å². The Labute approximate surface area is 100 Å². The highest BCUT2D eigenvalue weighted by Gasteiger charge is 2.09. The molecule has 5 nitrogen and oxygen atoms in total. The number of benzene rings is 1. The second-order valence-corrected chi connectivity index (χ2v) is 3.76. The predicted molar refractivity (Wildman–Crippen MR) is 57.5 cm³/mol. The minimum absolute atomic E-state index is 0.0403. The second-order valence-electron chi connectivity index (χ2n) is 3.35. The molecule has 1 aromatic heterocycles. The van der Waals surface area contributed by atoms with Gasteiger partial charge in [-0.05, 0) is 17.7 Å². The normalized spacial score (nSPS) is 10.5. The van der Waals surface area contributed by atoms with E-state index in [4.69, 9.17) is 16.7 Å². The van der Waals surface area contributed by atoms with E-state index in [-0.39, 0.29) is 17.3 Å². The molecule has 0 fully saturated rings. The first-order valence-electron chi connectivity index (χ1n) is 4.63. The fraction of sp³-hybridized carbons (Fsp3) is 0.100. The number of halogens is 2. The smallest absolute Gasteiger partial charge is 0.358 e. The monoisotopic (exact) mass is 255 g/mol. The van der Waals surface area contributed by atoms with Gasteiger partial charge in [0.2, 0.25) is 0 Å². The Kier molecular flexibility index (Phi) is 3.06. The van der Waals surface area contributed by atoms with Crippen LogP contribution in [0.3, 0.4) is 0 Å². The molecule has 0 saturated carbocycles. The zero-order chi connectivity index (χ0) is 12.4. The number of aromatic carboxylic acids is 1. The van der Waals surface area contributed by atoms with Crippen LogP contribution in [0.15, 0.2) is 24.4 Å². The molecule has 2 rings (SSSR count). The zero-order valence-electron chi connectivity index (χ0n) is 8.47. The van der Waals surface area contributed by atoms with E-state index in [0.29, 0.717) is 5.56 Å². The van der Waals surface area contributed by atoms with Crippen molar-refractivity contribution in [3.8, 4) is 0 Å². The van der Waals surface area contributed by atoms with Gasteiger partial charge in [-0.15, -0.1) is 5.10 Å². The van der Waals surface area contributed by atoms with Crippen molar-refractivity contribution in [1.29, 1.82) is 0 Å². The molecule has 0 aliphatic heterocycles. The van der Waals surface area contributed by atoms with Crippen LogP contribution >= 0.6 is 11.6 Å². The number of nitrogens with zero attached hydrogens (tertiary/aromatic N) is 3.